The molecule has 37 heavy (non-hydrogen) atoms. The van der Waals surface area contributed by atoms with Crippen molar-refractivity contribution in [3.63, 3.8) is 0 Å². The molecule has 204 valence electrons. The molecule has 0 spiro atoms. The molecule has 0 heterocycles. The predicted octanol–water partition coefficient (Wildman–Crippen LogP) is 2.81. The summed E-state index contributed by atoms with van der Waals surface area (Å²) >= 11 is 0. The van der Waals surface area contributed by atoms with Crippen LogP contribution in [-0.2, 0) is 26.2 Å². The average molecular weight is 536 g/mol. The van der Waals surface area contributed by atoms with E-state index in [0.717, 1.165) is 29.0 Å². The molecule has 0 unspecified atom stereocenters. The van der Waals surface area contributed by atoms with E-state index in [2.05, 4.69) is 5.32 Å². The number of ether oxygens (including phenoxy) is 3. The summed E-state index contributed by atoms with van der Waals surface area (Å²) < 4.78 is 42.4. The Morgan fingerprint density at radius 2 is 1.68 bits per heavy atom. The van der Waals surface area contributed by atoms with E-state index in [4.69, 9.17) is 14.2 Å². The minimum absolute atomic E-state index is 0.0791. The van der Waals surface area contributed by atoms with Gasteiger partial charge in [0.05, 0.1) is 33.3 Å². The Labute approximate surface area is 219 Å². The summed E-state index contributed by atoms with van der Waals surface area (Å²) in [4.78, 5) is 27.9. The first kappa shape index (κ1) is 29.8. The smallest absolute Gasteiger partial charge is 0.244 e. The number of hydrogen-bond donors (Lipinski definition) is 1. The second-order valence-electron chi connectivity index (χ2n) is 8.50. The van der Waals surface area contributed by atoms with Gasteiger partial charge in [-0.15, -0.1) is 0 Å². The number of nitrogens with zero attached hydrogens (tertiary/aromatic N) is 2. The van der Waals surface area contributed by atoms with E-state index in [9.17, 15) is 18.0 Å². The lowest BCUT2D eigenvalue weighted by Crippen LogP contribution is -2.51. The number of anilines is 1. The van der Waals surface area contributed by atoms with Crippen LogP contribution in [0.25, 0.3) is 0 Å². The van der Waals surface area contributed by atoms with Gasteiger partial charge in [0, 0.05) is 19.2 Å². The van der Waals surface area contributed by atoms with Gasteiger partial charge in [-0.3, -0.25) is 13.9 Å². The van der Waals surface area contributed by atoms with Crippen molar-refractivity contribution in [2.75, 3.05) is 45.0 Å². The Kier molecular flexibility index (Phi) is 11.0. The van der Waals surface area contributed by atoms with Crippen LogP contribution >= 0.6 is 0 Å². The van der Waals surface area contributed by atoms with E-state index in [1.165, 1.54) is 38.4 Å². The number of hydrogen-bond acceptors (Lipinski definition) is 7. The van der Waals surface area contributed by atoms with Crippen LogP contribution in [-0.4, -0.2) is 71.8 Å². The van der Waals surface area contributed by atoms with Gasteiger partial charge in [0.25, 0.3) is 0 Å². The normalized spacial score (nSPS) is 11.8. The molecule has 0 bridgehead atoms. The summed E-state index contributed by atoms with van der Waals surface area (Å²) in [5.41, 5.74) is 0.911. The number of rotatable bonds is 14. The van der Waals surface area contributed by atoms with Gasteiger partial charge in [-0.25, -0.2) is 8.42 Å². The summed E-state index contributed by atoms with van der Waals surface area (Å²) in [7, 11) is 0.521. The van der Waals surface area contributed by atoms with E-state index >= 15 is 0 Å². The third kappa shape index (κ3) is 8.28. The third-order valence-electron chi connectivity index (χ3n) is 5.82. The van der Waals surface area contributed by atoms with Crippen molar-refractivity contribution in [3.05, 3.63) is 48.0 Å². The van der Waals surface area contributed by atoms with Crippen molar-refractivity contribution < 1.29 is 32.2 Å². The van der Waals surface area contributed by atoms with Gasteiger partial charge < -0.3 is 24.4 Å². The van der Waals surface area contributed by atoms with Crippen LogP contribution in [0.3, 0.4) is 0 Å². The molecule has 1 atom stereocenters. The Morgan fingerprint density at radius 3 is 2.27 bits per heavy atom. The van der Waals surface area contributed by atoms with Crippen LogP contribution in [0.1, 0.15) is 32.3 Å². The Balaban J connectivity index is 2.44. The maximum atomic E-state index is 13.7. The van der Waals surface area contributed by atoms with Crippen LogP contribution in [0, 0.1) is 0 Å². The SMILES string of the molecule is CCCCNC(=O)[C@H](C)N(Cc1cccc(OC)c1)C(=O)CN(c1ccc(OC)cc1OC)S(C)(=O)=O. The highest BCUT2D eigenvalue weighted by Gasteiger charge is 2.31. The summed E-state index contributed by atoms with van der Waals surface area (Å²) in [6, 6.07) is 10.9. The van der Waals surface area contributed by atoms with Crippen LogP contribution in [0.4, 0.5) is 5.69 Å². The molecule has 0 aliphatic rings. The lowest BCUT2D eigenvalue weighted by atomic mass is 10.1. The average Bonchev–Trinajstić information content (AvgIpc) is 2.89. The number of amides is 2. The van der Waals surface area contributed by atoms with Gasteiger partial charge in [-0.1, -0.05) is 25.5 Å². The highest BCUT2D eigenvalue weighted by Crippen LogP contribution is 2.33. The van der Waals surface area contributed by atoms with E-state index in [0.29, 0.717) is 18.0 Å². The van der Waals surface area contributed by atoms with Crippen LogP contribution in [0.5, 0.6) is 17.2 Å². The fourth-order valence-electron chi connectivity index (χ4n) is 3.67. The highest BCUT2D eigenvalue weighted by atomic mass is 32.2. The van der Waals surface area contributed by atoms with Crippen molar-refractivity contribution >= 4 is 27.5 Å². The molecule has 2 aromatic carbocycles. The first-order chi connectivity index (χ1) is 17.5. The van der Waals surface area contributed by atoms with Crippen molar-refractivity contribution in [3.8, 4) is 17.2 Å². The summed E-state index contributed by atoms with van der Waals surface area (Å²) in [6.07, 6.45) is 2.73. The van der Waals surface area contributed by atoms with Gasteiger partial charge in [0.15, 0.2) is 0 Å². The summed E-state index contributed by atoms with van der Waals surface area (Å²) in [5.74, 6) is 0.423. The number of methoxy groups -OCH3 is 3. The number of benzene rings is 2. The summed E-state index contributed by atoms with van der Waals surface area (Å²) in [6.45, 7) is 3.67. The van der Waals surface area contributed by atoms with Crippen LogP contribution in [0.2, 0.25) is 0 Å². The first-order valence-corrected chi connectivity index (χ1v) is 13.8. The zero-order valence-corrected chi connectivity index (χ0v) is 23.1. The van der Waals surface area contributed by atoms with Crippen LogP contribution < -0.4 is 23.8 Å². The number of sulfonamides is 1. The molecule has 0 radical (unpaired) electrons. The largest absolute Gasteiger partial charge is 0.497 e. The maximum absolute atomic E-state index is 13.7. The number of unbranched alkanes of at least 4 members (excludes halogenated alkanes) is 1. The first-order valence-electron chi connectivity index (χ1n) is 12.0. The van der Waals surface area contributed by atoms with Crippen molar-refractivity contribution in [2.45, 2.75) is 39.3 Å². The van der Waals surface area contributed by atoms with E-state index in [1.807, 2.05) is 13.0 Å². The highest BCUT2D eigenvalue weighted by molar-refractivity contribution is 7.92. The minimum atomic E-state index is -3.90. The second-order valence-corrected chi connectivity index (χ2v) is 10.4. The van der Waals surface area contributed by atoms with Gasteiger partial charge in [0.1, 0.15) is 29.8 Å². The molecule has 0 saturated heterocycles. The third-order valence-corrected chi connectivity index (χ3v) is 6.95. The van der Waals surface area contributed by atoms with Gasteiger partial charge >= 0.3 is 0 Å². The molecule has 2 aromatic rings. The van der Waals surface area contributed by atoms with E-state index < -0.39 is 28.5 Å². The van der Waals surface area contributed by atoms with Crippen molar-refractivity contribution in [1.29, 1.82) is 0 Å². The Hall–Kier alpha value is -3.47. The molecule has 0 aliphatic heterocycles. The summed E-state index contributed by atoms with van der Waals surface area (Å²) in [5, 5.41) is 2.85. The van der Waals surface area contributed by atoms with Crippen molar-refractivity contribution in [2.24, 2.45) is 0 Å². The fourth-order valence-corrected chi connectivity index (χ4v) is 4.53. The molecule has 0 aromatic heterocycles. The Morgan fingerprint density at radius 1 is 1.00 bits per heavy atom. The minimum Gasteiger partial charge on any atom is -0.497 e. The molecule has 10 nitrogen and oxygen atoms in total. The topological polar surface area (TPSA) is 114 Å². The molecular weight excluding hydrogens is 498 g/mol. The lowest BCUT2D eigenvalue weighted by molar-refractivity contribution is -0.139. The molecule has 0 saturated carbocycles. The van der Waals surface area contributed by atoms with Crippen molar-refractivity contribution in [1.82, 2.24) is 10.2 Å². The van der Waals surface area contributed by atoms with Gasteiger partial charge in [-0.2, -0.15) is 0 Å². The Bertz CT molecular complexity index is 1170. The lowest BCUT2D eigenvalue weighted by Gasteiger charge is -2.32. The fraction of sp³-hybridized carbons (Fsp3) is 0.462. The number of nitrogens with one attached hydrogen (secondary N) is 1. The molecule has 2 amide bonds. The molecule has 11 heteroatoms. The zero-order chi connectivity index (χ0) is 27.6. The monoisotopic (exact) mass is 535 g/mol. The quantitative estimate of drug-likeness (QED) is 0.370. The van der Waals surface area contributed by atoms with E-state index in [-0.39, 0.29) is 23.9 Å². The standard InChI is InChI=1S/C26H37N3O7S/c1-7-8-14-27-26(31)19(2)28(17-20-10-9-11-21(15-20)34-3)25(30)18-29(37(6,32)33)23-13-12-22(35-4)16-24(23)36-5/h9-13,15-16,19H,7-8,14,17-18H2,1-6H3,(H,27,31)/t19-/m0/s1. The molecule has 2 rings (SSSR count). The number of carbonyl (C=O) groups is 2. The molecular formula is C26H37N3O7S. The zero-order valence-electron chi connectivity index (χ0n) is 22.3. The van der Waals surface area contributed by atoms with E-state index in [1.54, 1.807) is 31.2 Å². The molecule has 1 N–H and O–H groups in total. The molecule has 0 fully saturated rings. The predicted molar refractivity (Wildman–Crippen MR) is 143 cm³/mol. The molecule has 0 aliphatic carbocycles. The van der Waals surface area contributed by atoms with Gasteiger partial charge in [-0.05, 0) is 43.2 Å². The second kappa shape index (κ2) is 13.7. The maximum Gasteiger partial charge on any atom is 0.244 e. The number of carbonyl (C=O) groups excluding carboxylic acids is 2. The van der Waals surface area contributed by atoms with Gasteiger partial charge in [0.2, 0.25) is 21.8 Å². The van der Waals surface area contributed by atoms with Crippen LogP contribution in [0.15, 0.2) is 42.5 Å².